The standard InChI is InChI=1S/C16H21BrN2O/c17-14-12-13(4-9-18-14)15(20)19-10-7-16(8-11-19)5-2-1-3-6-16/h4,9,12H,1-3,5-8,10-11H2. The minimum atomic E-state index is 0.152. The highest BCUT2D eigenvalue weighted by atomic mass is 79.9. The van der Waals surface area contributed by atoms with Gasteiger partial charge in [-0.15, -0.1) is 0 Å². The summed E-state index contributed by atoms with van der Waals surface area (Å²) in [6.07, 6.45) is 11.0. The molecule has 1 aliphatic carbocycles. The second-order valence-corrected chi connectivity index (χ2v) is 7.03. The maximum atomic E-state index is 12.5. The van der Waals surface area contributed by atoms with Crippen molar-refractivity contribution in [2.24, 2.45) is 5.41 Å². The number of halogens is 1. The van der Waals surface area contributed by atoms with E-state index in [1.807, 2.05) is 11.0 Å². The molecule has 4 heteroatoms. The zero-order chi connectivity index (χ0) is 14.0. The first kappa shape index (κ1) is 14.1. The Morgan fingerprint density at radius 3 is 2.50 bits per heavy atom. The van der Waals surface area contributed by atoms with Crippen LogP contribution in [0, 0.1) is 5.41 Å². The van der Waals surface area contributed by atoms with Gasteiger partial charge >= 0.3 is 0 Å². The molecule has 108 valence electrons. The van der Waals surface area contributed by atoms with Gasteiger partial charge in [0.2, 0.25) is 0 Å². The minimum absolute atomic E-state index is 0.152. The van der Waals surface area contributed by atoms with E-state index in [0.717, 1.165) is 23.3 Å². The highest BCUT2D eigenvalue weighted by molar-refractivity contribution is 9.10. The fourth-order valence-corrected chi connectivity index (χ4v) is 4.07. The molecule has 3 rings (SSSR count). The molecule has 1 aliphatic heterocycles. The van der Waals surface area contributed by atoms with Crippen LogP contribution >= 0.6 is 15.9 Å². The Kier molecular flexibility index (Phi) is 4.11. The van der Waals surface area contributed by atoms with Crippen LogP contribution in [-0.4, -0.2) is 28.9 Å². The van der Waals surface area contributed by atoms with Gasteiger partial charge in [0.1, 0.15) is 4.60 Å². The maximum absolute atomic E-state index is 12.5. The molecule has 1 aromatic rings. The SMILES string of the molecule is O=C(c1ccnc(Br)c1)N1CCC2(CCCCC2)CC1. The fraction of sp³-hybridized carbons (Fsp3) is 0.625. The topological polar surface area (TPSA) is 33.2 Å². The predicted octanol–water partition coefficient (Wildman–Crippen LogP) is 4.03. The van der Waals surface area contributed by atoms with E-state index in [9.17, 15) is 4.79 Å². The smallest absolute Gasteiger partial charge is 0.254 e. The van der Waals surface area contributed by atoms with Crippen molar-refractivity contribution in [1.82, 2.24) is 9.88 Å². The maximum Gasteiger partial charge on any atom is 0.254 e. The molecule has 0 bridgehead atoms. The molecule has 0 aromatic carbocycles. The lowest BCUT2D eigenvalue weighted by Gasteiger charge is -2.44. The third kappa shape index (κ3) is 2.90. The number of pyridine rings is 1. The molecule has 0 N–H and O–H groups in total. The summed E-state index contributed by atoms with van der Waals surface area (Å²) in [6.45, 7) is 1.83. The van der Waals surface area contributed by atoms with Gasteiger partial charge in [-0.3, -0.25) is 4.79 Å². The van der Waals surface area contributed by atoms with Gasteiger partial charge in [0, 0.05) is 24.8 Å². The molecule has 1 saturated carbocycles. The van der Waals surface area contributed by atoms with E-state index >= 15 is 0 Å². The van der Waals surface area contributed by atoms with E-state index in [1.54, 1.807) is 12.3 Å². The number of carbonyl (C=O) groups excluding carboxylic acids is 1. The third-order valence-corrected chi connectivity index (χ3v) is 5.43. The molecular weight excluding hydrogens is 316 g/mol. The number of piperidine rings is 1. The van der Waals surface area contributed by atoms with Crippen molar-refractivity contribution in [1.29, 1.82) is 0 Å². The quantitative estimate of drug-likeness (QED) is 0.725. The minimum Gasteiger partial charge on any atom is -0.339 e. The van der Waals surface area contributed by atoms with Crippen LogP contribution in [0.5, 0.6) is 0 Å². The average molecular weight is 337 g/mol. The van der Waals surface area contributed by atoms with Crippen molar-refractivity contribution in [3.63, 3.8) is 0 Å². The third-order valence-electron chi connectivity index (χ3n) is 5.00. The summed E-state index contributed by atoms with van der Waals surface area (Å²) >= 11 is 3.33. The van der Waals surface area contributed by atoms with Crippen LogP contribution in [0.15, 0.2) is 22.9 Å². The summed E-state index contributed by atoms with van der Waals surface area (Å²) in [5.41, 5.74) is 1.29. The molecular formula is C16H21BrN2O. The highest BCUT2D eigenvalue weighted by Gasteiger charge is 2.36. The number of aromatic nitrogens is 1. The molecule has 2 fully saturated rings. The second-order valence-electron chi connectivity index (χ2n) is 6.22. The first-order valence-corrected chi connectivity index (χ1v) is 8.39. The number of likely N-dealkylation sites (tertiary alicyclic amines) is 1. The van der Waals surface area contributed by atoms with Gasteiger partial charge < -0.3 is 4.90 Å². The van der Waals surface area contributed by atoms with Crippen LogP contribution in [0.4, 0.5) is 0 Å². The van der Waals surface area contributed by atoms with Crippen LogP contribution < -0.4 is 0 Å². The Balaban J connectivity index is 1.64. The molecule has 0 radical (unpaired) electrons. The van der Waals surface area contributed by atoms with Gasteiger partial charge in [0.05, 0.1) is 0 Å². The molecule has 1 spiro atoms. The Hall–Kier alpha value is -0.900. The Morgan fingerprint density at radius 1 is 1.15 bits per heavy atom. The van der Waals surface area contributed by atoms with Crippen LogP contribution in [0.3, 0.4) is 0 Å². The van der Waals surface area contributed by atoms with Crippen LogP contribution in [0.25, 0.3) is 0 Å². The summed E-state index contributed by atoms with van der Waals surface area (Å²) < 4.78 is 0.726. The number of carbonyl (C=O) groups is 1. The zero-order valence-electron chi connectivity index (χ0n) is 11.8. The molecule has 0 atom stereocenters. The van der Waals surface area contributed by atoms with Crippen molar-refractivity contribution < 1.29 is 4.79 Å². The van der Waals surface area contributed by atoms with Crippen molar-refractivity contribution in [2.75, 3.05) is 13.1 Å². The van der Waals surface area contributed by atoms with Gasteiger partial charge in [-0.05, 0) is 59.2 Å². The molecule has 20 heavy (non-hydrogen) atoms. The van der Waals surface area contributed by atoms with Crippen LogP contribution in [0.2, 0.25) is 0 Å². The van der Waals surface area contributed by atoms with Crippen molar-refractivity contribution in [3.05, 3.63) is 28.5 Å². The van der Waals surface area contributed by atoms with Gasteiger partial charge in [0.25, 0.3) is 5.91 Å². The average Bonchev–Trinajstić information content (AvgIpc) is 2.48. The Labute approximate surface area is 128 Å². The number of hydrogen-bond acceptors (Lipinski definition) is 2. The van der Waals surface area contributed by atoms with E-state index < -0.39 is 0 Å². The lowest BCUT2D eigenvalue weighted by Crippen LogP contribution is -2.43. The van der Waals surface area contributed by atoms with Crippen LogP contribution in [-0.2, 0) is 0 Å². The van der Waals surface area contributed by atoms with Gasteiger partial charge in [-0.25, -0.2) is 4.98 Å². The number of nitrogens with zero attached hydrogens (tertiary/aromatic N) is 2. The van der Waals surface area contributed by atoms with Crippen molar-refractivity contribution in [3.8, 4) is 0 Å². The lowest BCUT2D eigenvalue weighted by molar-refractivity contribution is 0.0472. The van der Waals surface area contributed by atoms with Gasteiger partial charge in [0.15, 0.2) is 0 Å². The number of amides is 1. The summed E-state index contributed by atoms with van der Waals surface area (Å²) in [5.74, 6) is 0.152. The molecule has 0 unspecified atom stereocenters. The van der Waals surface area contributed by atoms with E-state index in [-0.39, 0.29) is 5.91 Å². The largest absolute Gasteiger partial charge is 0.339 e. The fourth-order valence-electron chi connectivity index (χ4n) is 3.70. The van der Waals surface area contributed by atoms with E-state index in [1.165, 1.54) is 44.9 Å². The predicted molar refractivity (Wildman–Crippen MR) is 82.6 cm³/mol. The summed E-state index contributed by atoms with van der Waals surface area (Å²) in [7, 11) is 0. The van der Waals surface area contributed by atoms with E-state index in [2.05, 4.69) is 20.9 Å². The highest BCUT2D eigenvalue weighted by Crippen LogP contribution is 2.44. The molecule has 1 saturated heterocycles. The first-order chi connectivity index (χ1) is 9.69. The van der Waals surface area contributed by atoms with Crippen LogP contribution in [0.1, 0.15) is 55.3 Å². The monoisotopic (exact) mass is 336 g/mol. The second kappa shape index (κ2) is 5.84. The van der Waals surface area contributed by atoms with E-state index in [4.69, 9.17) is 0 Å². The molecule has 2 heterocycles. The molecule has 3 nitrogen and oxygen atoms in total. The Bertz CT molecular complexity index is 487. The molecule has 2 aliphatic rings. The Morgan fingerprint density at radius 2 is 1.85 bits per heavy atom. The van der Waals surface area contributed by atoms with Gasteiger partial charge in [-0.2, -0.15) is 0 Å². The number of hydrogen-bond donors (Lipinski definition) is 0. The number of rotatable bonds is 1. The van der Waals surface area contributed by atoms with Crippen molar-refractivity contribution >= 4 is 21.8 Å². The summed E-state index contributed by atoms with van der Waals surface area (Å²) in [5, 5.41) is 0. The zero-order valence-corrected chi connectivity index (χ0v) is 13.4. The molecule has 1 amide bonds. The van der Waals surface area contributed by atoms with Crippen molar-refractivity contribution in [2.45, 2.75) is 44.9 Å². The summed E-state index contributed by atoms with van der Waals surface area (Å²) in [4.78, 5) is 18.6. The summed E-state index contributed by atoms with van der Waals surface area (Å²) in [6, 6.07) is 3.62. The van der Waals surface area contributed by atoms with E-state index in [0.29, 0.717) is 5.41 Å². The lowest BCUT2D eigenvalue weighted by atomic mass is 9.68. The first-order valence-electron chi connectivity index (χ1n) is 7.59. The van der Waals surface area contributed by atoms with Gasteiger partial charge in [-0.1, -0.05) is 19.3 Å². The molecule has 1 aromatic heterocycles. The normalized spacial score (nSPS) is 21.9.